The lowest BCUT2D eigenvalue weighted by Gasteiger charge is -2.10. The van der Waals surface area contributed by atoms with Crippen LogP contribution in [0, 0.1) is 0 Å². The summed E-state index contributed by atoms with van der Waals surface area (Å²) in [4.78, 5) is 3.79. The lowest BCUT2D eigenvalue weighted by Crippen LogP contribution is -2.28. The minimum atomic E-state index is -5.68. The van der Waals surface area contributed by atoms with Crippen molar-refractivity contribution in [2.75, 3.05) is 0 Å². The van der Waals surface area contributed by atoms with Crippen LogP contribution in [0.5, 0.6) is 5.75 Å². The number of rotatable bonds is 2. The first kappa shape index (κ1) is 12.6. The molecule has 2 aromatic rings. The number of nitrogens with zero attached hydrogens (tertiary/aromatic N) is 1. The Bertz CT molecular complexity index is 677. The van der Waals surface area contributed by atoms with Crippen LogP contribution in [0.25, 0.3) is 10.9 Å². The highest BCUT2D eigenvalue weighted by Crippen LogP contribution is 2.30. The number of alkyl halides is 3. The van der Waals surface area contributed by atoms with E-state index in [-0.39, 0.29) is 5.52 Å². The largest absolute Gasteiger partial charge is 0.534 e. The van der Waals surface area contributed by atoms with E-state index in [4.69, 9.17) is 0 Å². The van der Waals surface area contributed by atoms with E-state index in [0.29, 0.717) is 5.39 Å². The molecule has 0 atom stereocenters. The third-order valence-corrected chi connectivity index (χ3v) is 3.04. The van der Waals surface area contributed by atoms with E-state index in [9.17, 15) is 21.6 Å². The zero-order chi connectivity index (χ0) is 13.4. The highest BCUT2D eigenvalue weighted by atomic mass is 32.2. The van der Waals surface area contributed by atoms with Gasteiger partial charge in [-0.2, -0.15) is 21.6 Å². The molecule has 1 heterocycles. The molecule has 1 aromatic heterocycles. The Morgan fingerprint density at radius 3 is 2.44 bits per heavy atom. The molecule has 0 aliphatic carbocycles. The maximum absolute atomic E-state index is 12.2. The molecular weight excluding hydrogens is 271 g/mol. The van der Waals surface area contributed by atoms with Gasteiger partial charge in [-0.15, -0.1) is 0 Å². The van der Waals surface area contributed by atoms with Crippen molar-refractivity contribution in [2.45, 2.75) is 5.51 Å². The van der Waals surface area contributed by atoms with Crippen LogP contribution in [0.2, 0.25) is 0 Å². The van der Waals surface area contributed by atoms with Crippen molar-refractivity contribution in [2.24, 2.45) is 0 Å². The quantitative estimate of drug-likeness (QED) is 0.625. The molecular formula is C10H6F3NO3S. The minimum Gasteiger partial charge on any atom is -0.374 e. The molecule has 0 amide bonds. The summed E-state index contributed by atoms with van der Waals surface area (Å²) in [6.45, 7) is 0. The molecule has 0 aliphatic heterocycles. The van der Waals surface area contributed by atoms with E-state index in [1.807, 2.05) is 0 Å². The van der Waals surface area contributed by atoms with Gasteiger partial charge in [-0.25, -0.2) is 0 Å². The zero-order valence-corrected chi connectivity index (χ0v) is 9.49. The molecule has 0 saturated heterocycles. The highest BCUT2D eigenvalue weighted by molar-refractivity contribution is 7.88. The molecule has 1 aromatic carbocycles. The number of benzene rings is 1. The normalized spacial score (nSPS) is 12.6. The number of aromatic nitrogens is 1. The molecule has 96 valence electrons. The Morgan fingerprint density at radius 1 is 1.11 bits per heavy atom. The molecule has 0 fully saturated rings. The Balaban J connectivity index is 2.51. The predicted octanol–water partition coefficient (Wildman–Crippen LogP) is 2.46. The Kier molecular flexibility index (Phi) is 2.89. The summed E-state index contributed by atoms with van der Waals surface area (Å²) < 4.78 is 62.4. The first-order chi connectivity index (χ1) is 8.31. The third-order valence-electron chi connectivity index (χ3n) is 2.08. The van der Waals surface area contributed by atoms with E-state index in [2.05, 4.69) is 9.17 Å². The Hall–Kier alpha value is -1.83. The summed E-state index contributed by atoms with van der Waals surface area (Å²) in [5.74, 6) is -0.453. The standard InChI is InChI=1S/C10H6F3NO3S/c11-10(12,13)18(15,16)17-8-5-1-3-7-4-2-6-14-9(7)8/h1-6H. The van der Waals surface area contributed by atoms with Crippen LogP contribution in [0.3, 0.4) is 0 Å². The van der Waals surface area contributed by atoms with Gasteiger partial charge < -0.3 is 4.18 Å². The first-order valence-corrected chi connectivity index (χ1v) is 6.06. The van der Waals surface area contributed by atoms with E-state index < -0.39 is 21.4 Å². The van der Waals surface area contributed by atoms with Crippen LogP contribution in [0.4, 0.5) is 13.2 Å². The van der Waals surface area contributed by atoms with Crippen molar-refractivity contribution in [3.05, 3.63) is 36.5 Å². The van der Waals surface area contributed by atoms with E-state index in [1.54, 1.807) is 18.2 Å². The fourth-order valence-corrected chi connectivity index (χ4v) is 1.77. The molecule has 0 saturated carbocycles. The van der Waals surface area contributed by atoms with Crippen molar-refractivity contribution >= 4 is 21.0 Å². The molecule has 2 rings (SSSR count). The van der Waals surface area contributed by atoms with E-state index in [1.165, 1.54) is 12.3 Å². The Labute approximate surface area is 100 Å². The monoisotopic (exact) mass is 277 g/mol. The van der Waals surface area contributed by atoms with Crippen LogP contribution in [0.15, 0.2) is 36.5 Å². The molecule has 4 nitrogen and oxygen atoms in total. The second-order valence-electron chi connectivity index (χ2n) is 3.31. The van der Waals surface area contributed by atoms with Gasteiger partial charge in [0.15, 0.2) is 5.75 Å². The van der Waals surface area contributed by atoms with Gasteiger partial charge in [0.05, 0.1) is 0 Å². The summed E-state index contributed by atoms with van der Waals surface area (Å²) in [5, 5.41) is 0.479. The van der Waals surface area contributed by atoms with Crippen LogP contribution in [-0.2, 0) is 10.1 Å². The van der Waals surface area contributed by atoms with Crippen molar-refractivity contribution in [1.29, 1.82) is 0 Å². The fraction of sp³-hybridized carbons (Fsp3) is 0.100. The summed E-state index contributed by atoms with van der Waals surface area (Å²) in [6, 6.07) is 7.22. The maximum Gasteiger partial charge on any atom is 0.534 e. The molecule has 0 spiro atoms. The fourth-order valence-electron chi connectivity index (χ4n) is 1.31. The Morgan fingerprint density at radius 2 is 1.78 bits per heavy atom. The maximum atomic E-state index is 12.2. The summed E-state index contributed by atoms with van der Waals surface area (Å²) in [6.07, 6.45) is 1.33. The van der Waals surface area contributed by atoms with Gasteiger partial charge in [0, 0.05) is 11.6 Å². The number of hydrogen-bond donors (Lipinski definition) is 0. The van der Waals surface area contributed by atoms with E-state index in [0.717, 1.165) is 6.07 Å². The average molecular weight is 277 g/mol. The predicted molar refractivity (Wildman–Crippen MR) is 57.3 cm³/mol. The molecule has 0 bridgehead atoms. The second kappa shape index (κ2) is 4.13. The molecule has 8 heteroatoms. The SMILES string of the molecule is O=S(=O)(Oc1cccc2cccnc12)C(F)(F)F. The summed E-state index contributed by atoms with van der Waals surface area (Å²) in [5.41, 5.74) is -5.42. The molecule has 18 heavy (non-hydrogen) atoms. The van der Waals surface area contributed by atoms with Crippen molar-refractivity contribution < 1.29 is 25.8 Å². The van der Waals surface area contributed by atoms with Crippen molar-refractivity contribution in [3.63, 3.8) is 0 Å². The summed E-state index contributed by atoms with van der Waals surface area (Å²) >= 11 is 0. The minimum absolute atomic E-state index is 0.0489. The molecule has 0 radical (unpaired) electrons. The smallest absolute Gasteiger partial charge is 0.374 e. The molecule has 0 N–H and O–H groups in total. The van der Waals surface area contributed by atoms with Gasteiger partial charge in [-0.1, -0.05) is 18.2 Å². The van der Waals surface area contributed by atoms with E-state index >= 15 is 0 Å². The van der Waals surface area contributed by atoms with Gasteiger partial charge in [-0.05, 0) is 12.1 Å². The first-order valence-electron chi connectivity index (χ1n) is 4.66. The number of para-hydroxylation sites is 1. The third kappa shape index (κ3) is 2.23. The van der Waals surface area contributed by atoms with Gasteiger partial charge in [-0.3, -0.25) is 4.98 Å². The zero-order valence-electron chi connectivity index (χ0n) is 8.68. The number of halogens is 3. The lowest BCUT2D eigenvalue weighted by atomic mass is 10.2. The molecule has 0 aliphatic rings. The van der Waals surface area contributed by atoms with Gasteiger partial charge in [0.25, 0.3) is 0 Å². The topological polar surface area (TPSA) is 56.3 Å². The van der Waals surface area contributed by atoms with Crippen LogP contribution in [0.1, 0.15) is 0 Å². The van der Waals surface area contributed by atoms with Gasteiger partial charge >= 0.3 is 15.6 Å². The molecule has 0 unspecified atom stereocenters. The van der Waals surface area contributed by atoms with Crippen LogP contribution < -0.4 is 4.18 Å². The number of pyridine rings is 1. The average Bonchev–Trinajstić information content (AvgIpc) is 2.27. The van der Waals surface area contributed by atoms with Crippen LogP contribution >= 0.6 is 0 Å². The van der Waals surface area contributed by atoms with Crippen LogP contribution in [-0.4, -0.2) is 18.9 Å². The number of fused-ring (bicyclic) bond motifs is 1. The van der Waals surface area contributed by atoms with Crippen molar-refractivity contribution in [1.82, 2.24) is 4.98 Å². The lowest BCUT2D eigenvalue weighted by molar-refractivity contribution is -0.0499. The highest BCUT2D eigenvalue weighted by Gasteiger charge is 2.48. The van der Waals surface area contributed by atoms with Gasteiger partial charge in [0.2, 0.25) is 0 Å². The van der Waals surface area contributed by atoms with Crippen molar-refractivity contribution in [3.8, 4) is 5.75 Å². The second-order valence-corrected chi connectivity index (χ2v) is 4.85. The summed E-state index contributed by atoms with van der Waals surface area (Å²) in [7, 11) is -5.68. The van der Waals surface area contributed by atoms with Gasteiger partial charge in [0.1, 0.15) is 5.52 Å². The number of hydrogen-bond acceptors (Lipinski definition) is 4.